The van der Waals surface area contributed by atoms with Crippen molar-refractivity contribution < 1.29 is 9.36 Å². The smallest absolute Gasteiger partial charge is 0.277 e. The second-order valence-corrected chi connectivity index (χ2v) is 7.47. The monoisotopic (exact) mass is 421 g/mol. The number of rotatable bonds is 8. The van der Waals surface area contributed by atoms with Crippen LogP contribution in [0.15, 0.2) is 30.5 Å². The van der Waals surface area contributed by atoms with E-state index in [1.165, 1.54) is 5.56 Å². The fourth-order valence-electron chi connectivity index (χ4n) is 4.09. The van der Waals surface area contributed by atoms with Gasteiger partial charge in [0.15, 0.2) is 28.2 Å². The summed E-state index contributed by atoms with van der Waals surface area (Å²) < 4.78 is 4.48. The number of carbonyl (C=O) groups excluding carboxylic acids is 1. The van der Waals surface area contributed by atoms with Crippen LogP contribution in [0.4, 0.5) is 5.82 Å². The Hall–Kier alpha value is -3.46. The predicted octanol–water partition coefficient (Wildman–Crippen LogP) is 1.64. The Morgan fingerprint density at radius 3 is 2.84 bits per heavy atom. The van der Waals surface area contributed by atoms with Crippen molar-refractivity contribution in [3.63, 3.8) is 0 Å². The molecule has 0 saturated carbocycles. The number of amides is 1. The fourth-order valence-corrected chi connectivity index (χ4v) is 4.09. The van der Waals surface area contributed by atoms with E-state index in [0.717, 1.165) is 42.8 Å². The van der Waals surface area contributed by atoms with E-state index in [1.54, 1.807) is 12.3 Å². The Bertz CT molecular complexity index is 1240. The minimum absolute atomic E-state index is 0.108. The summed E-state index contributed by atoms with van der Waals surface area (Å²) in [5.74, 6) is 0.794. The third-order valence-electron chi connectivity index (χ3n) is 5.58. The van der Waals surface area contributed by atoms with Gasteiger partial charge in [-0.05, 0) is 57.0 Å². The van der Waals surface area contributed by atoms with Gasteiger partial charge < -0.3 is 21.8 Å². The van der Waals surface area contributed by atoms with Gasteiger partial charge in [0, 0.05) is 6.20 Å². The van der Waals surface area contributed by atoms with Crippen LogP contribution < -0.4 is 21.4 Å². The summed E-state index contributed by atoms with van der Waals surface area (Å²) >= 11 is 0. The van der Waals surface area contributed by atoms with Crippen LogP contribution in [0.25, 0.3) is 22.2 Å². The highest BCUT2D eigenvalue weighted by Crippen LogP contribution is 2.19. The van der Waals surface area contributed by atoms with Crippen molar-refractivity contribution in [2.75, 3.05) is 12.3 Å². The molecule has 0 spiro atoms. The normalized spacial score (nSPS) is 11.5. The molecule has 6 N–H and O–H groups in total. The number of H-pyrrole nitrogens is 1. The van der Waals surface area contributed by atoms with Crippen LogP contribution in [0.5, 0.6) is 0 Å². The highest BCUT2D eigenvalue weighted by atomic mass is 16.1. The van der Waals surface area contributed by atoms with Crippen LogP contribution in [0.3, 0.4) is 0 Å². The number of nitrogens with one attached hydrogen (secondary N) is 2. The summed E-state index contributed by atoms with van der Waals surface area (Å²) in [6.45, 7) is 6.86. The van der Waals surface area contributed by atoms with Gasteiger partial charge in [0.25, 0.3) is 11.7 Å². The van der Waals surface area contributed by atoms with Gasteiger partial charge in [0.1, 0.15) is 12.1 Å². The van der Waals surface area contributed by atoms with Gasteiger partial charge >= 0.3 is 0 Å². The molecule has 162 valence electrons. The molecule has 0 aliphatic heterocycles. The number of hydrogen-bond donors (Lipinski definition) is 4. The Balaban J connectivity index is 1.65. The first-order valence-corrected chi connectivity index (χ1v) is 10.7. The number of nitrogens with two attached hydrogens (primary N) is 2. The zero-order chi connectivity index (χ0) is 22.0. The molecule has 31 heavy (non-hydrogen) atoms. The second-order valence-electron chi connectivity index (χ2n) is 7.47. The molecule has 1 amide bonds. The maximum atomic E-state index is 12.9. The van der Waals surface area contributed by atoms with Gasteiger partial charge in [-0.1, -0.05) is 6.07 Å². The molecule has 4 rings (SSSR count). The van der Waals surface area contributed by atoms with Crippen molar-refractivity contribution in [1.29, 1.82) is 0 Å². The standard InChI is InChI=1S/C22H28N8O/c1-3-29-16-8-7-14(6-5-10-23)12-17(16)30(4-2)18(29)13-26-22(31)19-20(24)28-21-15(27-19)9-11-25-21/h7-9,11-12H,3-6,10,13,23H2,1-2H3,(H3-,24,25,26,27,28,31)/p+1. The summed E-state index contributed by atoms with van der Waals surface area (Å²) in [7, 11) is 0. The number of benzene rings is 1. The molecule has 0 aliphatic carbocycles. The van der Waals surface area contributed by atoms with E-state index >= 15 is 0 Å². The number of hydrogen-bond acceptors (Lipinski definition) is 5. The van der Waals surface area contributed by atoms with E-state index in [-0.39, 0.29) is 17.4 Å². The van der Waals surface area contributed by atoms with Gasteiger partial charge in [0.2, 0.25) is 0 Å². The SMILES string of the molecule is CCn1c(CNC(=O)c2nc3cc[nH]c3nc2N)[n+](CC)c2ccc(CCCN)cc21. The van der Waals surface area contributed by atoms with Crippen molar-refractivity contribution in [3.05, 3.63) is 47.5 Å². The second kappa shape index (κ2) is 8.73. The van der Waals surface area contributed by atoms with Crippen molar-refractivity contribution in [2.24, 2.45) is 5.73 Å². The number of fused-ring (bicyclic) bond motifs is 2. The molecule has 0 radical (unpaired) electrons. The van der Waals surface area contributed by atoms with Gasteiger partial charge in [0.05, 0.1) is 13.1 Å². The van der Waals surface area contributed by atoms with Crippen LogP contribution in [-0.4, -0.2) is 32.0 Å². The molecule has 3 aromatic heterocycles. The zero-order valence-corrected chi connectivity index (χ0v) is 18.0. The van der Waals surface area contributed by atoms with E-state index in [1.807, 2.05) is 0 Å². The molecule has 0 aliphatic rings. The van der Waals surface area contributed by atoms with Crippen molar-refractivity contribution in [3.8, 4) is 0 Å². The van der Waals surface area contributed by atoms with Gasteiger partial charge in [-0.2, -0.15) is 0 Å². The first-order valence-electron chi connectivity index (χ1n) is 10.7. The van der Waals surface area contributed by atoms with Gasteiger partial charge in [-0.15, -0.1) is 0 Å². The lowest BCUT2D eigenvalue weighted by Crippen LogP contribution is -2.40. The number of imidazole rings is 1. The molecule has 0 bridgehead atoms. The van der Waals surface area contributed by atoms with E-state index in [2.05, 4.69) is 61.4 Å². The fraction of sp³-hybridized carbons (Fsp3) is 0.364. The van der Waals surface area contributed by atoms with Crippen LogP contribution in [0.1, 0.15) is 42.1 Å². The van der Waals surface area contributed by atoms with Crippen LogP contribution in [0, 0.1) is 0 Å². The molecule has 0 saturated heterocycles. The molecular formula is C22H29N8O+. The number of carbonyl (C=O) groups is 1. The average molecular weight is 422 g/mol. The zero-order valence-electron chi connectivity index (χ0n) is 18.0. The molecule has 3 heterocycles. The third kappa shape index (κ3) is 3.84. The topological polar surface area (TPSA) is 132 Å². The number of aryl methyl sites for hydroxylation is 3. The van der Waals surface area contributed by atoms with Crippen molar-refractivity contribution in [2.45, 2.75) is 46.3 Å². The quantitative estimate of drug-likeness (QED) is 0.321. The summed E-state index contributed by atoms with van der Waals surface area (Å²) in [4.78, 5) is 24.4. The summed E-state index contributed by atoms with van der Waals surface area (Å²) in [5.41, 5.74) is 16.5. The summed E-state index contributed by atoms with van der Waals surface area (Å²) in [6.07, 6.45) is 3.64. The summed E-state index contributed by atoms with van der Waals surface area (Å²) in [6, 6.07) is 8.32. The highest BCUT2D eigenvalue weighted by molar-refractivity contribution is 5.98. The Morgan fingerprint density at radius 2 is 2.10 bits per heavy atom. The average Bonchev–Trinajstić information content (AvgIpc) is 3.35. The van der Waals surface area contributed by atoms with Crippen LogP contribution >= 0.6 is 0 Å². The van der Waals surface area contributed by atoms with E-state index in [9.17, 15) is 4.79 Å². The number of aromatic amines is 1. The molecule has 1 aromatic carbocycles. The molecule has 0 unspecified atom stereocenters. The maximum absolute atomic E-state index is 12.9. The van der Waals surface area contributed by atoms with Crippen LogP contribution in [0.2, 0.25) is 0 Å². The molecule has 0 atom stereocenters. The minimum atomic E-state index is -0.340. The van der Waals surface area contributed by atoms with Crippen molar-refractivity contribution >= 4 is 33.9 Å². The number of nitrogen functional groups attached to an aromatic ring is 1. The molecular weight excluding hydrogens is 392 g/mol. The minimum Gasteiger partial charge on any atom is -0.382 e. The summed E-state index contributed by atoms with van der Waals surface area (Å²) in [5, 5.41) is 2.98. The van der Waals surface area contributed by atoms with Crippen molar-refractivity contribution in [1.82, 2.24) is 24.8 Å². The number of aromatic nitrogens is 5. The van der Waals surface area contributed by atoms with E-state index < -0.39 is 0 Å². The third-order valence-corrected chi connectivity index (χ3v) is 5.58. The first-order chi connectivity index (χ1) is 15.1. The predicted molar refractivity (Wildman–Crippen MR) is 120 cm³/mol. The first kappa shape index (κ1) is 20.8. The molecule has 9 heteroatoms. The number of anilines is 1. The number of nitrogens with zero attached hydrogens (tertiary/aromatic N) is 4. The Morgan fingerprint density at radius 1 is 1.26 bits per heavy atom. The van der Waals surface area contributed by atoms with E-state index in [4.69, 9.17) is 11.5 Å². The Labute approximate surface area is 180 Å². The highest BCUT2D eigenvalue weighted by Gasteiger charge is 2.25. The Kier molecular flexibility index (Phi) is 5.85. The lowest BCUT2D eigenvalue weighted by molar-refractivity contribution is -0.676. The molecule has 9 nitrogen and oxygen atoms in total. The maximum Gasteiger partial charge on any atom is 0.277 e. The van der Waals surface area contributed by atoms with Gasteiger partial charge in [-0.3, -0.25) is 4.79 Å². The van der Waals surface area contributed by atoms with Crippen LogP contribution in [-0.2, 0) is 26.1 Å². The lowest BCUT2D eigenvalue weighted by atomic mass is 10.1. The molecule has 4 aromatic rings. The molecule has 0 fully saturated rings. The largest absolute Gasteiger partial charge is 0.382 e. The van der Waals surface area contributed by atoms with Gasteiger partial charge in [-0.25, -0.2) is 19.1 Å². The van der Waals surface area contributed by atoms with E-state index in [0.29, 0.717) is 24.3 Å². The lowest BCUT2D eigenvalue weighted by Gasteiger charge is -2.07.